The van der Waals surface area contributed by atoms with Crippen LogP contribution < -0.4 is 0 Å². The number of carbonyl (C=O) groups is 1. The quantitative estimate of drug-likeness (QED) is 0.842. The fourth-order valence-corrected chi connectivity index (χ4v) is 2.78. The van der Waals surface area contributed by atoms with Crippen molar-refractivity contribution in [1.82, 2.24) is 9.80 Å². The number of piperazine rings is 1. The zero-order valence-corrected chi connectivity index (χ0v) is 12.9. The summed E-state index contributed by atoms with van der Waals surface area (Å²) >= 11 is 0. The summed E-state index contributed by atoms with van der Waals surface area (Å²) in [5.74, 6) is 0.263. The van der Waals surface area contributed by atoms with Crippen LogP contribution in [0.15, 0.2) is 24.3 Å². The molecule has 3 heteroatoms. The second-order valence-corrected chi connectivity index (χ2v) is 5.84. The van der Waals surface area contributed by atoms with Crippen LogP contribution in [0.5, 0.6) is 0 Å². The summed E-state index contributed by atoms with van der Waals surface area (Å²) in [6.07, 6.45) is 1.71. The minimum absolute atomic E-state index is 0.263. The van der Waals surface area contributed by atoms with Crippen LogP contribution in [-0.2, 0) is 11.2 Å². The molecule has 1 amide bonds. The first-order chi connectivity index (χ1) is 9.60. The molecule has 0 bridgehead atoms. The van der Waals surface area contributed by atoms with Gasteiger partial charge in [0, 0.05) is 32.2 Å². The third-order valence-electron chi connectivity index (χ3n) is 4.32. The van der Waals surface area contributed by atoms with Gasteiger partial charge in [0.1, 0.15) is 0 Å². The van der Waals surface area contributed by atoms with E-state index in [9.17, 15) is 4.79 Å². The van der Waals surface area contributed by atoms with Crippen LogP contribution in [-0.4, -0.2) is 47.9 Å². The van der Waals surface area contributed by atoms with Gasteiger partial charge in [0.15, 0.2) is 0 Å². The van der Waals surface area contributed by atoms with Crippen molar-refractivity contribution < 1.29 is 4.79 Å². The fourth-order valence-electron chi connectivity index (χ4n) is 2.78. The summed E-state index contributed by atoms with van der Waals surface area (Å²) in [5.41, 5.74) is 2.34. The molecule has 20 heavy (non-hydrogen) atoms. The highest BCUT2D eigenvalue weighted by Gasteiger charge is 2.23. The van der Waals surface area contributed by atoms with E-state index in [2.05, 4.69) is 37.8 Å². The lowest BCUT2D eigenvalue weighted by Crippen LogP contribution is -2.51. The molecule has 1 aliphatic heterocycles. The Morgan fingerprint density at radius 2 is 1.95 bits per heavy atom. The van der Waals surface area contributed by atoms with Crippen molar-refractivity contribution in [2.45, 2.75) is 39.7 Å². The summed E-state index contributed by atoms with van der Waals surface area (Å²) in [4.78, 5) is 16.8. The minimum Gasteiger partial charge on any atom is -0.340 e. The van der Waals surface area contributed by atoms with Gasteiger partial charge in [-0.2, -0.15) is 0 Å². The maximum absolute atomic E-state index is 12.3. The van der Waals surface area contributed by atoms with Crippen molar-refractivity contribution in [3.63, 3.8) is 0 Å². The minimum atomic E-state index is 0.263. The van der Waals surface area contributed by atoms with Gasteiger partial charge >= 0.3 is 0 Å². The Balaban J connectivity index is 1.86. The van der Waals surface area contributed by atoms with Crippen LogP contribution in [0.2, 0.25) is 0 Å². The Bertz CT molecular complexity index is 450. The topological polar surface area (TPSA) is 23.6 Å². The average molecular weight is 274 g/mol. The van der Waals surface area contributed by atoms with Crippen LogP contribution in [0.3, 0.4) is 0 Å². The maximum Gasteiger partial charge on any atom is 0.227 e. The van der Waals surface area contributed by atoms with E-state index in [1.165, 1.54) is 12.0 Å². The molecule has 1 heterocycles. The second-order valence-electron chi connectivity index (χ2n) is 5.84. The summed E-state index contributed by atoms with van der Waals surface area (Å²) in [5, 5.41) is 0. The van der Waals surface area contributed by atoms with Gasteiger partial charge in [-0.25, -0.2) is 0 Å². The van der Waals surface area contributed by atoms with E-state index in [1.807, 2.05) is 17.0 Å². The monoisotopic (exact) mass is 274 g/mol. The lowest BCUT2D eigenvalue weighted by atomic mass is 10.1. The Kier molecular flexibility index (Phi) is 5.18. The third kappa shape index (κ3) is 3.83. The predicted octanol–water partition coefficient (Wildman–Crippen LogP) is 2.48. The van der Waals surface area contributed by atoms with Crippen LogP contribution in [0, 0.1) is 6.92 Å². The molecule has 0 aromatic heterocycles. The molecular weight excluding hydrogens is 248 g/mol. The standard InChI is InChI=1S/C17H26N2O/c1-4-15(3)18-8-10-19(11-9-18)17(20)13-16-7-5-6-14(2)12-16/h5-7,12,15H,4,8-11,13H2,1-3H3. The largest absolute Gasteiger partial charge is 0.340 e. The van der Waals surface area contributed by atoms with Gasteiger partial charge in [-0.05, 0) is 25.8 Å². The van der Waals surface area contributed by atoms with Gasteiger partial charge in [0.2, 0.25) is 5.91 Å². The van der Waals surface area contributed by atoms with Crippen LogP contribution >= 0.6 is 0 Å². The van der Waals surface area contributed by atoms with Crippen LogP contribution in [0.1, 0.15) is 31.4 Å². The van der Waals surface area contributed by atoms with Crippen molar-refractivity contribution in [3.8, 4) is 0 Å². The SMILES string of the molecule is CCC(C)N1CCN(C(=O)Cc2cccc(C)c2)CC1. The van der Waals surface area contributed by atoms with E-state index in [-0.39, 0.29) is 5.91 Å². The van der Waals surface area contributed by atoms with E-state index in [0.717, 1.165) is 31.7 Å². The molecule has 1 atom stereocenters. The molecule has 1 aromatic carbocycles. The Morgan fingerprint density at radius 1 is 1.25 bits per heavy atom. The van der Waals surface area contributed by atoms with E-state index in [0.29, 0.717) is 12.5 Å². The highest BCUT2D eigenvalue weighted by molar-refractivity contribution is 5.78. The van der Waals surface area contributed by atoms with Gasteiger partial charge in [-0.1, -0.05) is 36.8 Å². The smallest absolute Gasteiger partial charge is 0.227 e. The van der Waals surface area contributed by atoms with E-state index in [4.69, 9.17) is 0 Å². The Hall–Kier alpha value is -1.35. The van der Waals surface area contributed by atoms with Gasteiger partial charge in [0.25, 0.3) is 0 Å². The van der Waals surface area contributed by atoms with Crippen molar-refractivity contribution >= 4 is 5.91 Å². The molecular formula is C17H26N2O. The molecule has 110 valence electrons. The number of carbonyl (C=O) groups excluding carboxylic acids is 1. The molecule has 0 spiro atoms. The number of amides is 1. The zero-order chi connectivity index (χ0) is 14.5. The Morgan fingerprint density at radius 3 is 2.55 bits per heavy atom. The lowest BCUT2D eigenvalue weighted by Gasteiger charge is -2.37. The molecule has 1 unspecified atom stereocenters. The van der Waals surface area contributed by atoms with Gasteiger partial charge in [-0.15, -0.1) is 0 Å². The fraction of sp³-hybridized carbons (Fsp3) is 0.588. The molecule has 3 nitrogen and oxygen atoms in total. The van der Waals surface area contributed by atoms with Crippen LogP contribution in [0.4, 0.5) is 0 Å². The first-order valence-electron chi connectivity index (χ1n) is 7.67. The van der Waals surface area contributed by atoms with Gasteiger partial charge in [0.05, 0.1) is 6.42 Å². The number of aryl methyl sites for hydroxylation is 1. The zero-order valence-electron chi connectivity index (χ0n) is 12.9. The molecule has 1 aliphatic rings. The normalized spacial score (nSPS) is 18.1. The number of nitrogens with zero attached hydrogens (tertiary/aromatic N) is 2. The molecule has 1 fully saturated rings. The molecule has 0 N–H and O–H groups in total. The molecule has 0 saturated carbocycles. The molecule has 0 aliphatic carbocycles. The van der Waals surface area contributed by atoms with Crippen LogP contribution in [0.25, 0.3) is 0 Å². The number of hydrogen-bond donors (Lipinski definition) is 0. The molecule has 0 radical (unpaired) electrons. The van der Waals surface area contributed by atoms with E-state index >= 15 is 0 Å². The number of benzene rings is 1. The number of hydrogen-bond acceptors (Lipinski definition) is 2. The maximum atomic E-state index is 12.3. The highest BCUT2D eigenvalue weighted by atomic mass is 16.2. The molecule has 2 rings (SSSR count). The summed E-state index contributed by atoms with van der Waals surface area (Å²) in [6, 6.07) is 8.87. The van der Waals surface area contributed by atoms with Crippen molar-refractivity contribution in [2.24, 2.45) is 0 Å². The first-order valence-corrected chi connectivity index (χ1v) is 7.67. The van der Waals surface area contributed by atoms with Gasteiger partial charge < -0.3 is 4.90 Å². The summed E-state index contributed by atoms with van der Waals surface area (Å²) in [7, 11) is 0. The Labute approximate surface area is 122 Å². The van der Waals surface area contributed by atoms with Crippen molar-refractivity contribution in [3.05, 3.63) is 35.4 Å². The average Bonchev–Trinajstić information content (AvgIpc) is 2.46. The highest BCUT2D eigenvalue weighted by Crippen LogP contribution is 2.11. The van der Waals surface area contributed by atoms with Crippen molar-refractivity contribution in [2.75, 3.05) is 26.2 Å². The third-order valence-corrected chi connectivity index (χ3v) is 4.32. The summed E-state index contributed by atoms with van der Waals surface area (Å²) < 4.78 is 0. The molecule has 1 saturated heterocycles. The molecule has 1 aromatic rings. The van der Waals surface area contributed by atoms with Crippen molar-refractivity contribution in [1.29, 1.82) is 0 Å². The van der Waals surface area contributed by atoms with E-state index < -0.39 is 0 Å². The first kappa shape index (κ1) is 15.0. The van der Waals surface area contributed by atoms with Gasteiger partial charge in [-0.3, -0.25) is 9.69 Å². The van der Waals surface area contributed by atoms with E-state index in [1.54, 1.807) is 0 Å². The predicted molar refractivity (Wildman–Crippen MR) is 82.8 cm³/mol. The summed E-state index contributed by atoms with van der Waals surface area (Å²) in [6.45, 7) is 10.3. The lowest BCUT2D eigenvalue weighted by molar-refractivity contribution is -0.132. The second kappa shape index (κ2) is 6.89. The number of rotatable bonds is 4.